The van der Waals surface area contributed by atoms with Gasteiger partial charge in [0.05, 0.1) is 11.1 Å². The van der Waals surface area contributed by atoms with Gasteiger partial charge < -0.3 is 5.73 Å². The Morgan fingerprint density at radius 1 is 1.27 bits per heavy atom. The molecule has 3 heterocycles. The molecule has 1 aliphatic carbocycles. The molecule has 33 heavy (non-hydrogen) atoms. The normalized spacial score (nSPS) is 15.5. The maximum Gasteiger partial charge on any atom is 0.332 e. The second-order valence-electron chi connectivity index (χ2n) is 8.31. The lowest BCUT2D eigenvalue weighted by Gasteiger charge is -2.17. The van der Waals surface area contributed by atoms with Crippen LogP contribution in [0.15, 0.2) is 32.2 Å². The van der Waals surface area contributed by atoms with Crippen LogP contribution in [0.2, 0.25) is 0 Å². The van der Waals surface area contributed by atoms with Crippen molar-refractivity contribution >= 4 is 44.9 Å². The molecule has 174 valence electrons. The highest BCUT2D eigenvalue weighted by molar-refractivity contribution is 7.99. The molecule has 0 aromatic carbocycles. The summed E-state index contributed by atoms with van der Waals surface area (Å²) in [6, 6.07) is 0. The summed E-state index contributed by atoms with van der Waals surface area (Å²) in [5.41, 5.74) is 5.27. The summed E-state index contributed by atoms with van der Waals surface area (Å²) in [7, 11) is 2.70. The van der Waals surface area contributed by atoms with E-state index in [9.17, 15) is 19.2 Å². The van der Waals surface area contributed by atoms with Gasteiger partial charge in [-0.05, 0) is 30.7 Å². The number of hydrogen-bond acceptors (Lipinski definition) is 8. The van der Waals surface area contributed by atoms with Gasteiger partial charge in [-0.2, -0.15) is 0 Å². The topological polar surface area (TPSA) is 122 Å². The highest BCUT2D eigenvalue weighted by Gasteiger charge is 2.26. The molecule has 1 atom stereocenters. The molecule has 0 unspecified atom stereocenters. The number of fused-ring (bicyclic) bond motifs is 3. The van der Waals surface area contributed by atoms with Crippen LogP contribution in [0.25, 0.3) is 10.2 Å². The lowest BCUT2D eigenvalue weighted by molar-refractivity contribution is 0.102. The van der Waals surface area contributed by atoms with E-state index < -0.39 is 17.0 Å². The van der Waals surface area contributed by atoms with Gasteiger partial charge in [0.1, 0.15) is 16.2 Å². The molecule has 0 bridgehead atoms. The van der Waals surface area contributed by atoms with Gasteiger partial charge in [-0.1, -0.05) is 24.8 Å². The lowest BCUT2D eigenvalue weighted by atomic mass is 9.89. The fourth-order valence-corrected chi connectivity index (χ4v) is 6.43. The molecule has 0 amide bonds. The smallest absolute Gasteiger partial charge is 0.332 e. The summed E-state index contributed by atoms with van der Waals surface area (Å²) in [5.74, 6) is -0.301. The van der Waals surface area contributed by atoms with Crippen molar-refractivity contribution in [3.8, 4) is 0 Å². The van der Waals surface area contributed by atoms with Crippen LogP contribution in [-0.4, -0.2) is 30.2 Å². The Labute approximate surface area is 197 Å². The number of aryl methyl sites for hydroxylation is 1. The molecule has 0 aliphatic heterocycles. The fraction of sp³-hybridized carbons (Fsp3) is 0.409. The molecule has 1 aliphatic rings. The van der Waals surface area contributed by atoms with Crippen molar-refractivity contribution in [3.63, 3.8) is 0 Å². The average Bonchev–Trinajstić information content (AvgIpc) is 3.14. The number of thioether (sulfide) groups is 1. The molecular weight excluding hydrogens is 462 g/mol. The first kappa shape index (κ1) is 23.2. The molecule has 0 radical (unpaired) electrons. The largest absolute Gasteiger partial charge is 0.384 e. The highest BCUT2D eigenvalue weighted by Crippen LogP contribution is 2.36. The number of rotatable bonds is 6. The van der Waals surface area contributed by atoms with Gasteiger partial charge in [-0.25, -0.2) is 9.78 Å². The second kappa shape index (κ2) is 8.79. The van der Waals surface area contributed by atoms with Crippen LogP contribution in [0.5, 0.6) is 0 Å². The third-order valence-electron chi connectivity index (χ3n) is 6.01. The van der Waals surface area contributed by atoms with E-state index in [4.69, 9.17) is 10.7 Å². The van der Waals surface area contributed by atoms with Crippen LogP contribution in [0, 0.1) is 5.92 Å². The summed E-state index contributed by atoms with van der Waals surface area (Å²) in [6.07, 6.45) is 4.46. The molecule has 0 fully saturated rings. The minimum absolute atomic E-state index is 0.139. The number of carbonyl (C=O) groups excluding carboxylic acids is 1. The van der Waals surface area contributed by atoms with Crippen molar-refractivity contribution in [1.82, 2.24) is 18.7 Å². The van der Waals surface area contributed by atoms with Crippen LogP contribution in [0.1, 0.15) is 34.1 Å². The van der Waals surface area contributed by atoms with Crippen molar-refractivity contribution in [2.24, 2.45) is 20.0 Å². The lowest BCUT2D eigenvalue weighted by Crippen LogP contribution is -2.41. The van der Waals surface area contributed by atoms with Gasteiger partial charge >= 0.3 is 5.69 Å². The molecule has 2 N–H and O–H groups in total. The predicted molar refractivity (Wildman–Crippen MR) is 132 cm³/mol. The van der Waals surface area contributed by atoms with Crippen molar-refractivity contribution in [2.45, 2.75) is 37.9 Å². The van der Waals surface area contributed by atoms with Crippen molar-refractivity contribution in [3.05, 3.63) is 59.9 Å². The zero-order valence-electron chi connectivity index (χ0n) is 18.7. The Kier molecular flexibility index (Phi) is 6.19. The Hall–Kier alpha value is -2.92. The molecule has 9 nitrogen and oxygen atoms in total. The Balaban J connectivity index is 1.74. The number of allylic oxidation sites excluding steroid dienone is 1. The highest BCUT2D eigenvalue weighted by atomic mass is 32.2. The fourth-order valence-electron chi connectivity index (χ4n) is 4.13. The predicted octanol–water partition coefficient (Wildman–Crippen LogP) is 1.72. The molecule has 4 rings (SSSR count). The van der Waals surface area contributed by atoms with E-state index in [2.05, 4.69) is 13.5 Å². The number of anilines is 1. The van der Waals surface area contributed by atoms with E-state index in [0.29, 0.717) is 21.3 Å². The van der Waals surface area contributed by atoms with Crippen LogP contribution >= 0.6 is 23.1 Å². The average molecular weight is 488 g/mol. The van der Waals surface area contributed by atoms with E-state index in [1.54, 1.807) is 6.08 Å². The maximum atomic E-state index is 13.4. The first-order chi connectivity index (χ1) is 15.6. The molecule has 3 aromatic rings. The number of hydrogen-bond donors (Lipinski definition) is 1. The second-order valence-corrected chi connectivity index (χ2v) is 10.3. The van der Waals surface area contributed by atoms with E-state index >= 15 is 0 Å². The quantitative estimate of drug-likeness (QED) is 0.243. The molecule has 0 saturated heterocycles. The third kappa shape index (κ3) is 3.89. The summed E-state index contributed by atoms with van der Waals surface area (Å²) >= 11 is 2.61. The Morgan fingerprint density at radius 2 is 2.00 bits per heavy atom. The number of nitrogen functional groups attached to an aromatic ring is 1. The zero-order valence-corrected chi connectivity index (χ0v) is 20.3. The maximum absolute atomic E-state index is 13.4. The third-order valence-corrected chi connectivity index (χ3v) is 8.14. The van der Waals surface area contributed by atoms with Crippen molar-refractivity contribution in [1.29, 1.82) is 0 Å². The Morgan fingerprint density at radius 3 is 2.70 bits per heavy atom. The van der Waals surface area contributed by atoms with Gasteiger partial charge in [0.15, 0.2) is 10.9 Å². The van der Waals surface area contributed by atoms with Crippen LogP contribution in [0.4, 0.5) is 5.82 Å². The van der Waals surface area contributed by atoms with Gasteiger partial charge in [-0.15, -0.1) is 17.9 Å². The van der Waals surface area contributed by atoms with Gasteiger partial charge in [0.25, 0.3) is 11.1 Å². The van der Waals surface area contributed by atoms with E-state index in [-0.39, 0.29) is 29.2 Å². The number of carbonyl (C=O) groups is 1. The standard InChI is InChI=1S/C22H25N5O4S2/c1-5-8-27-20(30)15-12-7-6-11(2)9-14(12)33-18(15)24-21(27)32-10-13(28)16-17(23)25(3)22(31)26(4)19(16)29/h5,11H,1,6-10,23H2,2-4H3/t11-/m1/s1. The monoisotopic (exact) mass is 487 g/mol. The number of thiophene rings is 1. The van der Waals surface area contributed by atoms with Crippen LogP contribution in [0.3, 0.4) is 0 Å². The van der Waals surface area contributed by atoms with Gasteiger partial charge in [0, 0.05) is 25.5 Å². The van der Waals surface area contributed by atoms with Crippen LogP contribution < -0.4 is 22.5 Å². The molecular formula is C22H25N5O4S2. The molecule has 11 heteroatoms. The van der Waals surface area contributed by atoms with Crippen molar-refractivity contribution < 1.29 is 4.79 Å². The van der Waals surface area contributed by atoms with E-state index in [0.717, 1.165) is 45.7 Å². The minimum Gasteiger partial charge on any atom is -0.384 e. The van der Waals surface area contributed by atoms with Gasteiger partial charge in [-0.3, -0.25) is 28.1 Å². The van der Waals surface area contributed by atoms with Crippen molar-refractivity contribution in [2.75, 3.05) is 11.5 Å². The summed E-state index contributed by atoms with van der Waals surface area (Å²) in [6.45, 7) is 6.20. The molecule has 3 aromatic heterocycles. The number of aromatic nitrogens is 4. The zero-order chi connectivity index (χ0) is 24.0. The van der Waals surface area contributed by atoms with Gasteiger partial charge in [0.2, 0.25) is 0 Å². The Bertz CT molecular complexity index is 1480. The number of nitrogens with two attached hydrogens (primary N) is 1. The summed E-state index contributed by atoms with van der Waals surface area (Å²) < 4.78 is 3.43. The first-order valence-electron chi connectivity index (χ1n) is 10.5. The van der Waals surface area contributed by atoms with E-state index in [1.165, 1.54) is 34.9 Å². The summed E-state index contributed by atoms with van der Waals surface area (Å²) in [4.78, 5) is 57.4. The minimum atomic E-state index is -0.742. The summed E-state index contributed by atoms with van der Waals surface area (Å²) in [5, 5.41) is 1.04. The molecule has 0 spiro atoms. The molecule has 0 saturated carbocycles. The first-order valence-corrected chi connectivity index (χ1v) is 12.3. The number of ketones is 1. The van der Waals surface area contributed by atoms with E-state index in [1.807, 2.05) is 0 Å². The number of Topliss-reactive ketones (excluding diaryl/α,β-unsaturated/α-hetero) is 1. The number of nitrogens with zero attached hydrogens (tertiary/aromatic N) is 4. The SMILES string of the molecule is C=CCn1c(SCC(=O)c2c(N)n(C)c(=O)n(C)c2=O)nc2sc3c(c2c1=O)CC[C@@H](C)C3. The van der Waals surface area contributed by atoms with Crippen LogP contribution in [-0.2, 0) is 33.5 Å².